The number of morpholine rings is 1. The van der Waals surface area contributed by atoms with Crippen molar-refractivity contribution in [3.05, 3.63) is 77.4 Å². The van der Waals surface area contributed by atoms with Gasteiger partial charge in [0.1, 0.15) is 0 Å². The first kappa shape index (κ1) is 14.7. The van der Waals surface area contributed by atoms with Crippen molar-refractivity contribution in [2.45, 2.75) is 6.10 Å². The lowest BCUT2D eigenvalue weighted by molar-refractivity contribution is 0.0276. The number of benzene rings is 2. The summed E-state index contributed by atoms with van der Waals surface area (Å²) < 4.78 is 5.81. The van der Waals surface area contributed by atoms with Gasteiger partial charge in [-0.25, -0.2) is 0 Å². The van der Waals surface area contributed by atoms with E-state index in [1.165, 1.54) is 0 Å². The minimum absolute atomic E-state index is 0.0121. The zero-order chi connectivity index (χ0) is 15.2. The second-order valence-corrected chi connectivity index (χ2v) is 5.26. The van der Waals surface area contributed by atoms with E-state index in [0.29, 0.717) is 12.2 Å². The molecular formula is C19H19NO2. The summed E-state index contributed by atoms with van der Waals surface area (Å²) in [7, 11) is 0. The Kier molecular flexibility index (Phi) is 4.78. The maximum absolute atomic E-state index is 12.2. The van der Waals surface area contributed by atoms with Crippen LogP contribution in [0.15, 0.2) is 60.7 Å². The van der Waals surface area contributed by atoms with Crippen molar-refractivity contribution in [2.75, 3.05) is 19.7 Å². The molecule has 1 aliphatic rings. The maximum atomic E-state index is 12.2. The summed E-state index contributed by atoms with van der Waals surface area (Å²) in [5.74, 6) is 0.0121. The second kappa shape index (κ2) is 7.16. The zero-order valence-corrected chi connectivity index (χ0v) is 12.4. The van der Waals surface area contributed by atoms with Crippen molar-refractivity contribution in [3.63, 3.8) is 0 Å². The third-order valence-electron chi connectivity index (χ3n) is 3.74. The summed E-state index contributed by atoms with van der Waals surface area (Å²) >= 11 is 0. The molecule has 0 amide bonds. The van der Waals surface area contributed by atoms with Crippen LogP contribution in [0.1, 0.15) is 27.6 Å². The molecule has 2 aromatic carbocycles. The fourth-order valence-electron chi connectivity index (χ4n) is 2.59. The molecule has 1 unspecified atom stereocenters. The number of hydrogen-bond donors (Lipinski definition) is 1. The van der Waals surface area contributed by atoms with Gasteiger partial charge in [0, 0.05) is 18.7 Å². The Hall–Kier alpha value is -2.23. The van der Waals surface area contributed by atoms with Crippen molar-refractivity contribution < 1.29 is 9.53 Å². The van der Waals surface area contributed by atoms with Crippen LogP contribution in [-0.4, -0.2) is 25.5 Å². The Morgan fingerprint density at radius 1 is 1.09 bits per heavy atom. The molecule has 0 spiro atoms. The fraction of sp³-hybridized carbons (Fsp3) is 0.211. The molecule has 22 heavy (non-hydrogen) atoms. The minimum atomic E-state index is 0.0121. The maximum Gasteiger partial charge on any atom is 0.185 e. The first-order chi connectivity index (χ1) is 10.8. The smallest absolute Gasteiger partial charge is 0.185 e. The lowest BCUT2D eigenvalue weighted by Crippen LogP contribution is -2.33. The number of hydrogen-bond acceptors (Lipinski definition) is 3. The van der Waals surface area contributed by atoms with E-state index in [1.807, 2.05) is 54.6 Å². The van der Waals surface area contributed by atoms with Crippen LogP contribution in [0.4, 0.5) is 0 Å². The molecule has 1 N–H and O–H groups in total. The van der Waals surface area contributed by atoms with E-state index in [2.05, 4.69) is 11.4 Å². The number of ether oxygens (including phenoxy) is 1. The predicted octanol–water partition coefficient (Wildman–Crippen LogP) is 3.24. The molecule has 0 aromatic heterocycles. The van der Waals surface area contributed by atoms with E-state index in [-0.39, 0.29) is 11.9 Å². The van der Waals surface area contributed by atoms with Crippen LogP contribution in [0, 0.1) is 0 Å². The summed E-state index contributed by atoms with van der Waals surface area (Å²) in [6.45, 7) is 2.41. The van der Waals surface area contributed by atoms with Crippen LogP contribution in [0.5, 0.6) is 0 Å². The minimum Gasteiger partial charge on any atom is -0.371 e. The van der Waals surface area contributed by atoms with Gasteiger partial charge in [-0.1, -0.05) is 60.7 Å². The fourth-order valence-corrected chi connectivity index (χ4v) is 2.59. The molecule has 3 rings (SSSR count). The lowest BCUT2D eigenvalue weighted by atomic mass is 10.00. The Balaban J connectivity index is 1.80. The number of rotatable bonds is 4. The number of allylic oxidation sites excluding steroid dienone is 1. The van der Waals surface area contributed by atoms with Crippen molar-refractivity contribution in [3.8, 4) is 0 Å². The third-order valence-corrected chi connectivity index (χ3v) is 3.74. The van der Waals surface area contributed by atoms with Crippen molar-refractivity contribution in [2.24, 2.45) is 0 Å². The monoisotopic (exact) mass is 293 g/mol. The molecule has 1 atom stereocenters. The van der Waals surface area contributed by atoms with Crippen molar-refractivity contribution >= 4 is 11.9 Å². The molecule has 1 saturated heterocycles. The second-order valence-electron chi connectivity index (χ2n) is 5.26. The van der Waals surface area contributed by atoms with Crippen molar-refractivity contribution in [1.29, 1.82) is 0 Å². The van der Waals surface area contributed by atoms with E-state index >= 15 is 0 Å². The molecule has 112 valence electrons. The number of carbonyl (C=O) groups is 1. The van der Waals surface area contributed by atoms with E-state index in [0.717, 1.165) is 24.2 Å². The molecular weight excluding hydrogens is 274 g/mol. The van der Waals surface area contributed by atoms with Crippen LogP contribution in [0.3, 0.4) is 0 Å². The van der Waals surface area contributed by atoms with Crippen LogP contribution in [0.2, 0.25) is 0 Å². The van der Waals surface area contributed by atoms with Gasteiger partial charge in [0.2, 0.25) is 0 Å². The summed E-state index contributed by atoms with van der Waals surface area (Å²) in [6.07, 6.45) is 3.55. The first-order valence-corrected chi connectivity index (χ1v) is 7.53. The molecule has 1 fully saturated rings. The summed E-state index contributed by atoms with van der Waals surface area (Å²) in [4.78, 5) is 12.2. The number of carbonyl (C=O) groups excluding carboxylic acids is 1. The van der Waals surface area contributed by atoms with Crippen LogP contribution >= 0.6 is 0 Å². The Labute approximate surface area is 130 Å². The van der Waals surface area contributed by atoms with E-state index in [4.69, 9.17) is 4.74 Å². The average Bonchev–Trinajstić information content (AvgIpc) is 2.61. The van der Waals surface area contributed by atoms with Gasteiger partial charge in [-0.05, 0) is 17.2 Å². The van der Waals surface area contributed by atoms with Crippen LogP contribution in [0.25, 0.3) is 6.08 Å². The molecule has 0 saturated carbocycles. The van der Waals surface area contributed by atoms with Gasteiger partial charge in [-0.2, -0.15) is 0 Å². The quantitative estimate of drug-likeness (QED) is 0.694. The van der Waals surface area contributed by atoms with Crippen LogP contribution < -0.4 is 5.32 Å². The molecule has 1 heterocycles. The van der Waals surface area contributed by atoms with E-state index in [9.17, 15) is 4.79 Å². The topological polar surface area (TPSA) is 38.3 Å². The molecule has 0 aliphatic carbocycles. The molecule has 1 aliphatic heterocycles. The highest BCUT2D eigenvalue weighted by atomic mass is 16.5. The Morgan fingerprint density at radius 2 is 1.86 bits per heavy atom. The molecule has 3 nitrogen and oxygen atoms in total. The predicted molar refractivity (Wildman–Crippen MR) is 87.8 cm³/mol. The van der Waals surface area contributed by atoms with E-state index in [1.54, 1.807) is 6.08 Å². The zero-order valence-electron chi connectivity index (χ0n) is 12.4. The summed E-state index contributed by atoms with van der Waals surface area (Å²) in [5, 5.41) is 3.34. The molecule has 3 heteroatoms. The van der Waals surface area contributed by atoms with Gasteiger partial charge in [-0.3, -0.25) is 4.79 Å². The largest absolute Gasteiger partial charge is 0.371 e. The molecule has 0 radical (unpaired) electrons. The van der Waals surface area contributed by atoms with Crippen LogP contribution in [-0.2, 0) is 4.74 Å². The highest BCUT2D eigenvalue weighted by Crippen LogP contribution is 2.23. The first-order valence-electron chi connectivity index (χ1n) is 7.53. The molecule has 0 bridgehead atoms. The number of ketones is 1. The Bertz CT molecular complexity index is 658. The standard InChI is InChI=1S/C19H19NO2/c21-18(16-7-2-1-3-8-16)11-10-15-6-4-5-9-17(15)19-14-20-12-13-22-19/h1-11,19-20H,12-14H2. The lowest BCUT2D eigenvalue weighted by Gasteiger charge is -2.25. The summed E-state index contributed by atoms with van der Waals surface area (Å²) in [5.41, 5.74) is 2.85. The third kappa shape index (κ3) is 3.50. The SMILES string of the molecule is O=C(C=Cc1ccccc1C1CNCCO1)c1ccccc1. The van der Waals surface area contributed by atoms with Gasteiger partial charge in [0.25, 0.3) is 0 Å². The highest BCUT2D eigenvalue weighted by Gasteiger charge is 2.17. The van der Waals surface area contributed by atoms with Gasteiger partial charge < -0.3 is 10.1 Å². The average molecular weight is 293 g/mol. The normalized spacial score (nSPS) is 18.5. The molecule has 2 aromatic rings. The summed E-state index contributed by atoms with van der Waals surface area (Å²) in [6, 6.07) is 17.4. The number of nitrogens with one attached hydrogen (secondary N) is 1. The van der Waals surface area contributed by atoms with Crippen molar-refractivity contribution in [1.82, 2.24) is 5.32 Å². The van der Waals surface area contributed by atoms with Gasteiger partial charge >= 0.3 is 0 Å². The Morgan fingerprint density at radius 3 is 2.64 bits per heavy atom. The van der Waals surface area contributed by atoms with Gasteiger partial charge in [0.05, 0.1) is 12.7 Å². The van der Waals surface area contributed by atoms with Gasteiger partial charge in [-0.15, -0.1) is 0 Å². The highest BCUT2D eigenvalue weighted by molar-refractivity contribution is 6.06. The van der Waals surface area contributed by atoms with Gasteiger partial charge in [0.15, 0.2) is 5.78 Å². The van der Waals surface area contributed by atoms with E-state index < -0.39 is 0 Å².